The molecule has 1 aromatic carbocycles. The van der Waals surface area contributed by atoms with E-state index in [1.54, 1.807) is 29.2 Å². The summed E-state index contributed by atoms with van der Waals surface area (Å²) in [5.41, 5.74) is 1.03. The fourth-order valence-corrected chi connectivity index (χ4v) is 1.67. The Morgan fingerprint density at radius 1 is 1.45 bits per heavy atom. The molecular weight excluding hydrogens is 258 g/mol. The number of nitrogens with one attached hydrogen (secondary N) is 1. The Morgan fingerprint density at radius 3 is 2.80 bits per heavy atom. The third-order valence-corrected chi connectivity index (χ3v) is 2.73. The summed E-state index contributed by atoms with van der Waals surface area (Å²) in [5, 5.41) is 20.1. The maximum Gasteiger partial charge on any atom is 0.304 e. The van der Waals surface area contributed by atoms with Crippen LogP contribution in [0.25, 0.3) is 0 Å². The van der Waals surface area contributed by atoms with Crippen LogP contribution in [0.2, 0.25) is 0 Å². The van der Waals surface area contributed by atoms with Crippen molar-refractivity contribution in [1.29, 1.82) is 5.26 Å². The molecule has 0 bridgehead atoms. The van der Waals surface area contributed by atoms with Gasteiger partial charge in [0, 0.05) is 12.2 Å². The molecule has 0 aromatic heterocycles. The van der Waals surface area contributed by atoms with Crippen molar-refractivity contribution < 1.29 is 14.7 Å². The predicted molar refractivity (Wildman–Crippen MR) is 74.2 cm³/mol. The van der Waals surface area contributed by atoms with Gasteiger partial charge in [0.1, 0.15) is 0 Å². The number of carboxylic acid groups (broad SMARTS) is 1. The second-order valence-electron chi connectivity index (χ2n) is 4.25. The summed E-state index contributed by atoms with van der Waals surface area (Å²) < 4.78 is 0. The van der Waals surface area contributed by atoms with Gasteiger partial charge in [-0.05, 0) is 24.7 Å². The van der Waals surface area contributed by atoms with E-state index in [2.05, 4.69) is 5.32 Å². The predicted octanol–water partition coefficient (Wildman–Crippen LogP) is 1.29. The lowest BCUT2D eigenvalue weighted by Gasteiger charge is -2.18. The van der Waals surface area contributed by atoms with Gasteiger partial charge in [-0.3, -0.25) is 14.5 Å². The minimum absolute atomic E-state index is 0.00500. The van der Waals surface area contributed by atoms with Gasteiger partial charge in [-0.1, -0.05) is 13.0 Å². The van der Waals surface area contributed by atoms with E-state index in [9.17, 15) is 9.59 Å². The van der Waals surface area contributed by atoms with E-state index in [1.165, 1.54) is 0 Å². The van der Waals surface area contributed by atoms with Crippen LogP contribution in [0.1, 0.15) is 18.9 Å². The average Bonchev–Trinajstić information content (AvgIpc) is 2.43. The highest BCUT2D eigenvalue weighted by Gasteiger charge is 2.11. The van der Waals surface area contributed by atoms with Crippen LogP contribution in [0.3, 0.4) is 0 Å². The number of nitriles is 1. The normalized spacial score (nSPS) is 10.1. The Bertz CT molecular complexity index is 523. The first-order valence-electron chi connectivity index (χ1n) is 6.29. The lowest BCUT2D eigenvalue weighted by molar-refractivity contribution is -0.137. The zero-order valence-electron chi connectivity index (χ0n) is 11.3. The van der Waals surface area contributed by atoms with Gasteiger partial charge < -0.3 is 10.4 Å². The molecule has 0 aliphatic heterocycles. The first-order valence-corrected chi connectivity index (χ1v) is 6.29. The summed E-state index contributed by atoms with van der Waals surface area (Å²) in [7, 11) is 0. The van der Waals surface area contributed by atoms with Crippen molar-refractivity contribution in [3.63, 3.8) is 0 Å². The van der Waals surface area contributed by atoms with Crippen LogP contribution >= 0.6 is 0 Å². The fraction of sp³-hybridized carbons (Fsp3) is 0.357. The smallest absolute Gasteiger partial charge is 0.304 e. The standard InChI is InChI=1S/C14H17N3O3/c1-2-17(7-6-14(19)20)10-13(18)16-12-5-3-4-11(8-12)9-15/h3-5,8H,2,6-7,10H2,1H3,(H,16,18)(H,19,20). The molecule has 0 aliphatic rings. The first kappa shape index (κ1) is 15.7. The number of nitrogens with zero attached hydrogens (tertiary/aromatic N) is 2. The van der Waals surface area contributed by atoms with E-state index in [4.69, 9.17) is 10.4 Å². The van der Waals surface area contributed by atoms with Gasteiger partial charge >= 0.3 is 5.97 Å². The third kappa shape index (κ3) is 5.50. The molecule has 1 rings (SSSR count). The molecule has 0 radical (unpaired) electrons. The summed E-state index contributed by atoms with van der Waals surface area (Å²) in [5.74, 6) is -1.11. The highest BCUT2D eigenvalue weighted by molar-refractivity contribution is 5.92. The Hall–Kier alpha value is -2.39. The van der Waals surface area contributed by atoms with Crippen molar-refractivity contribution in [2.45, 2.75) is 13.3 Å². The van der Waals surface area contributed by atoms with Crippen molar-refractivity contribution in [3.05, 3.63) is 29.8 Å². The van der Waals surface area contributed by atoms with Gasteiger partial charge in [0.05, 0.1) is 24.6 Å². The molecule has 0 heterocycles. The van der Waals surface area contributed by atoms with Crippen LogP contribution < -0.4 is 5.32 Å². The fourth-order valence-electron chi connectivity index (χ4n) is 1.67. The van der Waals surface area contributed by atoms with Crippen LogP contribution in [-0.2, 0) is 9.59 Å². The maximum atomic E-state index is 11.8. The number of hydrogen-bond acceptors (Lipinski definition) is 4. The minimum atomic E-state index is -0.884. The van der Waals surface area contributed by atoms with Gasteiger partial charge in [0.25, 0.3) is 0 Å². The number of rotatable bonds is 7. The second-order valence-corrected chi connectivity index (χ2v) is 4.25. The molecule has 1 amide bonds. The number of hydrogen-bond donors (Lipinski definition) is 2. The van der Waals surface area contributed by atoms with Crippen LogP contribution in [0.5, 0.6) is 0 Å². The van der Waals surface area contributed by atoms with Crippen molar-refractivity contribution >= 4 is 17.6 Å². The molecule has 0 aliphatic carbocycles. The first-order chi connectivity index (χ1) is 9.55. The molecule has 0 atom stereocenters. The zero-order chi connectivity index (χ0) is 15.0. The Labute approximate surface area is 117 Å². The molecule has 0 fully saturated rings. The van der Waals surface area contributed by atoms with Crippen molar-refractivity contribution in [1.82, 2.24) is 4.90 Å². The zero-order valence-corrected chi connectivity index (χ0v) is 11.3. The van der Waals surface area contributed by atoms with Crippen LogP contribution in [0, 0.1) is 11.3 Å². The van der Waals surface area contributed by atoms with Gasteiger partial charge in [0.15, 0.2) is 0 Å². The summed E-state index contributed by atoms with van der Waals surface area (Å²) in [6, 6.07) is 8.63. The lowest BCUT2D eigenvalue weighted by atomic mass is 10.2. The Morgan fingerprint density at radius 2 is 2.20 bits per heavy atom. The molecule has 1 aromatic rings. The number of aliphatic carboxylic acids is 1. The van der Waals surface area contributed by atoms with Gasteiger partial charge in [-0.25, -0.2) is 0 Å². The molecule has 6 heteroatoms. The van der Waals surface area contributed by atoms with Crippen LogP contribution in [0.15, 0.2) is 24.3 Å². The molecule has 0 saturated carbocycles. The minimum Gasteiger partial charge on any atom is -0.481 e. The summed E-state index contributed by atoms with van der Waals surface area (Å²) >= 11 is 0. The number of carbonyl (C=O) groups excluding carboxylic acids is 1. The van der Waals surface area contributed by atoms with Crippen molar-refractivity contribution in [2.75, 3.05) is 25.0 Å². The van der Waals surface area contributed by atoms with E-state index >= 15 is 0 Å². The van der Waals surface area contributed by atoms with Gasteiger partial charge in [0.2, 0.25) is 5.91 Å². The van der Waals surface area contributed by atoms with Crippen LogP contribution in [-0.4, -0.2) is 41.5 Å². The number of amides is 1. The second kappa shape index (κ2) is 7.92. The quantitative estimate of drug-likeness (QED) is 0.782. The molecule has 6 nitrogen and oxygen atoms in total. The average molecular weight is 275 g/mol. The van der Waals surface area contributed by atoms with Crippen LogP contribution in [0.4, 0.5) is 5.69 Å². The molecule has 106 valence electrons. The van der Waals surface area contributed by atoms with E-state index < -0.39 is 5.97 Å². The Kier molecular flexibility index (Phi) is 6.20. The molecule has 0 saturated heterocycles. The number of benzene rings is 1. The summed E-state index contributed by atoms with van der Waals surface area (Å²) in [6.07, 6.45) is 0.00500. The molecular formula is C14H17N3O3. The number of carboxylic acids is 1. The summed E-state index contributed by atoms with van der Waals surface area (Å²) in [4.78, 5) is 24.1. The number of carbonyl (C=O) groups is 2. The Balaban J connectivity index is 2.53. The lowest BCUT2D eigenvalue weighted by Crippen LogP contribution is -2.34. The molecule has 0 spiro atoms. The summed E-state index contributed by atoms with van der Waals surface area (Å²) in [6.45, 7) is 2.92. The van der Waals surface area contributed by atoms with Gasteiger partial charge in [-0.15, -0.1) is 0 Å². The SMILES string of the molecule is CCN(CCC(=O)O)CC(=O)Nc1cccc(C#N)c1. The maximum absolute atomic E-state index is 11.8. The largest absolute Gasteiger partial charge is 0.481 e. The van der Waals surface area contributed by atoms with E-state index in [0.29, 0.717) is 24.3 Å². The molecule has 20 heavy (non-hydrogen) atoms. The van der Waals surface area contributed by atoms with Crippen molar-refractivity contribution in [3.8, 4) is 6.07 Å². The van der Waals surface area contributed by atoms with Crippen molar-refractivity contribution in [2.24, 2.45) is 0 Å². The van der Waals surface area contributed by atoms with E-state index in [0.717, 1.165) is 0 Å². The number of anilines is 1. The van der Waals surface area contributed by atoms with E-state index in [-0.39, 0.29) is 18.9 Å². The topological polar surface area (TPSA) is 93.4 Å². The van der Waals surface area contributed by atoms with Gasteiger partial charge in [-0.2, -0.15) is 5.26 Å². The highest BCUT2D eigenvalue weighted by atomic mass is 16.4. The van der Waals surface area contributed by atoms with E-state index in [1.807, 2.05) is 13.0 Å². The molecule has 2 N–H and O–H groups in total. The monoisotopic (exact) mass is 275 g/mol. The third-order valence-electron chi connectivity index (χ3n) is 2.73. The number of likely N-dealkylation sites (N-methyl/N-ethyl adjacent to an activating group) is 1. The molecule has 0 unspecified atom stereocenters. The highest BCUT2D eigenvalue weighted by Crippen LogP contribution is 2.09.